The highest BCUT2D eigenvalue weighted by Crippen LogP contribution is 2.29. The average molecular weight is 290 g/mol. The largest absolute Gasteiger partial charge is 0.327 e. The van der Waals surface area contributed by atoms with Crippen LogP contribution in [0.3, 0.4) is 0 Å². The van der Waals surface area contributed by atoms with Gasteiger partial charge in [-0.1, -0.05) is 24.8 Å². The Kier molecular flexibility index (Phi) is 5.15. The molecule has 2 nitrogen and oxygen atoms in total. The van der Waals surface area contributed by atoms with Crippen LogP contribution in [-0.2, 0) is 6.42 Å². The van der Waals surface area contributed by atoms with E-state index in [4.69, 9.17) is 5.73 Å². The van der Waals surface area contributed by atoms with Crippen LogP contribution in [0.4, 0.5) is 4.39 Å². The van der Waals surface area contributed by atoms with E-state index in [1.54, 1.807) is 23.9 Å². The van der Waals surface area contributed by atoms with Crippen LogP contribution in [0.1, 0.15) is 24.5 Å². The maximum atomic E-state index is 12.9. The Labute approximate surface area is 123 Å². The van der Waals surface area contributed by atoms with Crippen LogP contribution in [0, 0.1) is 12.7 Å². The van der Waals surface area contributed by atoms with Crippen molar-refractivity contribution in [3.8, 4) is 0 Å². The Hall–Kier alpha value is -1.39. The van der Waals surface area contributed by atoms with E-state index in [2.05, 4.69) is 18.0 Å². The molecule has 20 heavy (non-hydrogen) atoms. The summed E-state index contributed by atoms with van der Waals surface area (Å²) in [4.78, 5) is 5.48. The normalized spacial score (nSPS) is 12.4. The van der Waals surface area contributed by atoms with E-state index in [-0.39, 0.29) is 11.9 Å². The molecule has 2 rings (SSSR count). The molecule has 1 aromatic heterocycles. The third-order valence-electron chi connectivity index (χ3n) is 3.14. The van der Waals surface area contributed by atoms with Gasteiger partial charge >= 0.3 is 0 Å². The molecular weight excluding hydrogens is 271 g/mol. The Morgan fingerprint density at radius 2 is 2.00 bits per heavy atom. The lowest BCUT2D eigenvalue weighted by Gasteiger charge is -2.11. The second-order valence-electron chi connectivity index (χ2n) is 4.89. The van der Waals surface area contributed by atoms with Gasteiger partial charge < -0.3 is 5.73 Å². The molecule has 4 heteroatoms. The minimum Gasteiger partial charge on any atom is -0.327 e. The fourth-order valence-electron chi connectivity index (χ4n) is 1.90. The van der Waals surface area contributed by atoms with Gasteiger partial charge in [0.05, 0.1) is 0 Å². The molecule has 1 heterocycles. The molecule has 0 aliphatic carbocycles. The highest BCUT2D eigenvalue weighted by atomic mass is 32.2. The summed E-state index contributed by atoms with van der Waals surface area (Å²) in [6, 6.07) is 8.78. The highest BCUT2D eigenvalue weighted by Gasteiger charge is 2.07. The Morgan fingerprint density at radius 3 is 2.60 bits per heavy atom. The molecule has 1 unspecified atom stereocenters. The number of aromatic nitrogens is 1. The predicted octanol–water partition coefficient (Wildman–Crippen LogP) is 3.96. The molecule has 0 fully saturated rings. The van der Waals surface area contributed by atoms with Gasteiger partial charge in [-0.15, -0.1) is 0 Å². The number of nitrogens with two attached hydrogens (primary N) is 1. The Balaban J connectivity index is 2.11. The molecule has 0 saturated carbocycles. The lowest BCUT2D eigenvalue weighted by Crippen LogP contribution is -2.21. The molecule has 0 spiro atoms. The molecule has 0 radical (unpaired) electrons. The first-order chi connectivity index (χ1) is 9.58. The van der Waals surface area contributed by atoms with E-state index in [0.717, 1.165) is 28.3 Å². The van der Waals surface area contributed by atoms with Crippen molar-refractivity contribution in [2.24, 2.45) is 5.73 Å². The zero-order valence-electron chi connectivity index (χ0n) is 11.8. The van der Waals surface area contributed by atoms with Crippen molar-refractivity contribution in [3.63, 3.8) is 0 Å². The lowest BCUT2D eigenvalue weighted by molar-refractivity contribution is 0.626. The molecular formula is C16H19FN2S. The van der Waals surface area contributed by atoms with Crippen molar-refractivity contribution in [2.75, 3.05) is 0 Å². The molecule has 0 amide bonds. The first kappa shape index (κ1) is 15.0. The van der Waals surface area contributed by atoms with Gasteiger partial charge in [0.25, 0.3) is 0 Å². The summed E-state index contributed by atoms with van der Waals surface area (Å²) in [7, 11) is 0. The van der Waals surface area contributed by atoms with Gasteiger partial charge in [0.15, 0.2) is 0 Å². The zero-order valence-corrected chi connectivity index (χ0v) is 12.6. The van der Waals surface area contributed by atoms with E-state index < -0.39 is 0 Å². The number of rotatable bonds is 5. The van der Waals surface area contributed by atoms with Crippen molar-refractivity contribution in [1.82, 2.24) is 4.98 Å². The van der Waals surface area contributed by atoms with Crippen LogP contribution in [0.2, 0.25) is 0 Å². The van der Waals surface area contributed by atoms with E-state index in [1.165, 1.54) is 17.7 Å². The summed E-state index contributed by atoms with van der Waals surface area (Å²) >= 11 is 1.55. The molecule has 1 aromatic carbocycles. The summed E-state index contributed by atoms with van der Waals surface area (Å²) in [5.41, 5.74) is 8.25. The summed E-state index contributed by atoms with van der Waals surface area (Å²) in [5, 5.41) is 0.949. The summed E-state index contributed by atoms with van der Waals surface area (Å²) < 4.78 is 12.9. The summed E-state index contributed by atoms with van der Waals surface area (Å²) in [6.07, 6.45) is 3.70. The third-order valence-corrected chi connectivity index (χ3v) is 4.27. The second kappa shape index (κ2) is 6.86. The third kappa shape index (κ3) is 4.05. The highest BCUT2D eigenvalue weighted by molar-refractivity contribution is 7.99. The van der Waals surface area contributed by atoms with Gasteiger partial charge in [-0.3, -0.25) is 0 Å². The Bertz CT molecular complexity index is 569. The van der Waals surface area contributed by atoms with Crippen LogP contribution >= 0.6 is 11.8 Å². The van der Waals surface area contributed by atoms with Crippen LogP contribution in [-0.4, -0.2) is 11.0 Å². The quantitative estimate of drug-likeness (QED) is 0.906. The van der Waals surface area contributed by atoms with Crippen LogP contribution < -0.4 is 5.73 Å². The topological polar surface area (TPSA) is 38.9 Å². The fraction of sp³-hybridized carbons (Fsp3) is 0.312. The van der Waals surface area contributed by atoms with E-state index in [1.807, 2.05) is 13.1 Å². The van der Waals surface area contributed by atoms with Crippen molar-refractivity contribution in [1.29, 1.82) is 0 Å². The number of nitrogens with zero attached hydrogens (tertiary/aromatic N) is 1. The lowest BCUT2D eigenvalue weighted by atomic mass is 10.1. The standard InChI is InChI=1S/C16H19FN2S/c1-3-14(18)9-12-8-11(2)16(19-10-12)20-15-6-4-13(17)5-7-15/h4-8,10,14H,3,9,18H2,1-2H3. The molecule has 0 bridgehead atoms. The first-order valence-corrected chi connectivity index (χ1v) is 7.54. The molecule has 106 valence electrons. The number of pyridine rings is 1. The van der Waals surface area contributed by atoms with Gasteiger partial charge in [-0.2, -0.15) is 0 Å². The molecule has 0 aliphatic heterocycles. The molecule has 2 N–H and O–H groups in total. The van der Waals surface area contributed by atoms with E-state index in [9.17, 15) is 4.39 Å². The zero-order chi connectivity index (χ0) is 14.5. The van der Waals surface area contributed by atoms with Crippen molar-refractivity contribution in [2.45, 2.75) is 42.7 Å². The van der Waals surface area contributed by atoms with Gasteiger partial charge in [0.2, 0.25) is 0 Å². The number of benzene rings is 1. The summed E-state index contributed by atoms with van der Waals surface area (Å²) in [5.74, 6) is -0.220. The number of aryl methyl sites for hydroxylation is 1. The monoisotopic (exact) mass is 290 g/mol. The number of halogens is 1. The predicted molar refractivity (Wildman–Crippen MR) is 81.5 cm³/mol. The Morgan fingerprint density at radius 1 is 1.30 bits per heavy atom. The van der Waals surface area contributed by atoms with Crippen LogP contribution in [0.15, 0.2) is 46.5 Å². The van der Waals surface area contributed by atoms with Gasteiger partial charge in [-0.25, -0.2) is 9.37 Å². The first-order valence-electron chi connectivity index (χ1n) is 6.73. The number of hydrogen-bond acceptors (Lipinski definition) is 3. The maximum absolute atomic E-state index is 12.9. The van der Waals surface area contributed by atoms with Crippen molar-refractivity contribution >= 4 is 11.8 Å². The van der Waals surface area contributed by atoms with E-state index >= 15 is 0 Å². The SMILES string of the molecule is CCC(N)Cc1cnc(Sc2ccc(F)cc2)c(C)c1. The van der Waals surface area contributed by atoms with Gasteiger partial charge in [0.1, 0.15) is 10.8 Å². The van der Waals surface area contributed by atoms with Gasteiger partial charge in [0, 0.05) is 17.1 Å². The fourth-order valence-corrected chi connectivity index (χ4v) is 2.72. The van der Waals surface area contributed by atoms with Crippen molar-refractivity contribution in [3.05, 3.63) is 53.5 Å². The molecule has 1 atom stereocenters. The molecule has 0 saturated heterocycles. The van der Waals surface area contributed by atoms with Crippen molar-refractivity contribution < 1.29 is 4.39 Å². The van der Waals surface area contributed by atoms with Crippen LogP contribution in [0.25, 0.3) is 0 Å². The minimum absolute atomic E-state index is 0.187. The minimum atomic E-state index is -0.220. The average Bonchev–Trinajstić information content (AvgIpc) is 2.44. The molecule has 2 aromatic rings. The molecule has 0 aliphatic rings. The smallest absolute Gasteiger partial charge is 0.123 e. The second-order valence-corrected chi connectivity index (χ2v) is 5.96. The van der Waals surface area contributed by atoms with Gasteiger partial charge in [-0.05, 0) is 55.2 Å². The van der Waals surface area contributed by atoms with E-state index in [0.29, 0.717) is 0 Å². The number of hydrogen-bond donors (Lipinski definition) is 1. The summed E-state index contributed by atoms with van der Waals surface area (Å²) in [6.45, 7) is 4.13. The van der Waals surface area contributed by atoms with Crippen LogP contribution in [0.5, 0.6) is 0 Å². The maximum Gasteiger partial charge on any atom is 0.123 e.